The van der Waals surface area contributed by atoms with Crippen molar-refractivity contribution in [2.24, 2.45) is 0 Å². The van der Waals surface area contributed by atoms with Crippen LogP contribution >= 0.6 is 11.6 Å². The summed E-state index contributed by atoms with van der Waals surface area (Å²) in [6, 6.07) is 13.7. The van der Waals surface area contributed by atoms with E-state index < -0.39 is 0 Å². The number of hydrogen-bond donors (Lipinski definition) is 0. The van der Waals surface area contributed by atoms with Gasteiger partial charge in [-0.15, -0.1) is 0 Å². The van der Waals surface area contributed by atoms with Gasteiger partial charge in [-0.25, -0.2) is 4.39 Å². The van der Waals surface area contributed by atoms with E-state index in [2.05, 4.69) is 4.90 Å². The zero-order valence-corrected chi connectivity index (χ0v) is 13.5. The van der Waals surface area contributed by atoms with Crippen LogP contribution in [-0.4, -0.2) is 41.9 Å². The first-order valence-corrected chi connectivity index (χ1v) is 8.02. The lowest BCUT2D eigenvalue weighted by Crippen LogP contribution is -2.48. The molecule has 3 nitrogen and oxygen atoms in total. The van der Waals surface area contributed by atoms with Crippen LogP contribution in [0.3, 0.4) is 0 Å². The van der Waals surface area contributed by atoms with Gasteiger partial charge in [-0.1, -0.05) is 35.9 Å². The monoisotopic (exact) mass is 332 g/mol. The fourth-order valence-corrected chi connectivity index (χ4v) is 2.98. The summed E-state index contributed by atoms with van der Waals surface area (Å²) in [6.07, 6.45) is 0. The minimum Gasteiger partial charge on any atom is -0.336 e. The SMILES string of the molecule is O=C(c1ccccc1Cl)N1CCN(Cc2ccc(F)cc2)CC1. The Labute approximate surface area is 140 Å². The summed E-state index contributed by atoms with van der Waals surface area (Å²) in [5.41, 5.74) is 1.64. The Hall–Kier alpha value is -1.91. The van der Waals surface area contributed by atoms with Gasteiger partial charge in [0, 0.05) is 32.7 Å². The van der Waals surface area contributed by atoms with Crippen LogP contribution in [0.15, 0.2) is 48.5 Å². The lowest BCUT2D eigenvalue weighted by atomic mass is 10.1. The Kier molecular flexibility index (Phi) is 4.94. The molecule has 1 aliphatic rings. The molecule has 0 saturated carbocycles. The average Bonchev–Trinajstić information content (AvgIpc) is 2.57. The maximum absolute atomic E-state index is 12.9. The third kappa shape index (κ3) is 3.89. The Balaban J connectivity index is 1.57. The molecule has 2 aromatic carbocycles. The Morgan fingerprint density at radius 2 is 1.65 bits per heavy atom. The van der Waals surface area contributed by atoms with Gasteiger partial charge in [0.05, 0.1) is 10.6 Å². The maximum Gasteiger partial charge on any atom is 0.255 e. The molecule has 0 radical (unpaired) electrons. The highest BCUT2D eigenvalue weighted by atomic mass is 35.5. The number of carbonyl (C=O) groups is 1. The first-order chi connectivity index (χ1) is 11.1. The molecular formula is C18H18ClFN2O. The zero-order valence-electron chi connectivity index (χ0n) is 12.7. The molecule has 1 aliphatic heterocycles. The summed E-state index contributed by atoms with van der Waals surface area (Å²) in [7, 11) is 0. The van der Waals surface area contributed by atoms with E-state index in [-0.39, 0.29) is 11.7 Å². The van der Waals surface area contributed by atoms with Crippen LogP contribution in [0.1, 0.15) is 15.9 Å². The van der Waals surface area contributed by atoms with Crippen molar-refractivity contribution in [2.45, 2.75) is 6.54 Å². The molecule has 0 N–H and O–H groups in total. The average molecular weight is 333 g/mol. The third-order valence-electron chi connectivity index (χ3n) is 4.08. The smallest absolute Gasteiger partial charge is 0.255 e. The topological polar surface area (TPSA) is 23.6 Å². The van der Waals surface area contributed by atoms with Crippen molar-refractivity contribution in [3.8, 4) is 0 Å². The molecule has 0 aromatic heterocycles. The van der Waals surface area contributed by atoms with E-state index in [1.165, 1.54) is 12.1 Å². The molecule has 1 saturated heterocycles. The van der Waals surface area contributed by atoms with Crippen molar-refractivity contribution in [1.82, 2.24) is 9.80 Å². The number of hydrogen-bond acceptors (Lipinski definition) is 2. The highest BCUT2D eigenvalue weighted by molar-refractivity contribution is 6.33. The third-order valence-corrected chi connectivity index (χ3v) is 4.41. The van der Waals surface area contributed by atoms with Crippen LogP contribution in [0.4, 0.5) is 4.39 Å². The minimum absolute atomic E-state index is 0.0166. The molecule has 1 fully saturated rings. The Morgan fingerprint density at radius 1 is 1.00 bits per heavy atom. The predicted octanol–water partition coefficient (Wildman–Crippen LogP) is 3.44. The molecule has 0 atom stereocenters. The van der Waals surface area contributed by atoms with E-state index in [1.807, 2.05) is 17.0 Å². The van der Waals surface area contributed by atoms with Gasteiger partial charge in [0.2, 0.25) is 0 Å². The fraction of sp³-hybridized carbons (Fsp3) is 0.278. The van der Waals surface area contributed by atoms with Gasteiger partial charge < -0.3 is 4.90 Å². The molecule has 3 rings (SSSR count). The van der Waals surface area contributed by atoms with Crippen molar-refractivity contribution in [3.63, 3.8) is 0 Å². The van der Waals surface area contributed by atoms with Crippen LogP contribution in [0.5, 0.6) is 0 Å². The van der Waals surface area contributed by atoms with Crippen molar-refractivity contribution >= 4 is 17.5 Å². The van der Waals surface area contributed by atoms with E-state index in [1.54, 1.807) is 24.3 Å². The summed E-state index contributed by atoms with van der Waals surface area (Å²) in [5, 5.41) is 0.492. The van der Waals surface area contributed by atoms with E-state index in [0.717, 1.165) is 25.2 Å². The van der Waals surface area contributed by atoms with E-state index >= 15 is 0 Å². The number of halogens is 2. The van der Waals surface area contributed by atoms with Crippen LogP contribution in [0.2, 0.25) is 5.02 Å². The van der Waals surface area contributed by atoms with Crippen LogP contribution in [-0.2, 0) is 6.54 Å². The molecule has 1 heterocycles. The lowest BCUT2D eigenvalue weighted by Gasteiger charge is -2.35. The van der Waals surface area contributed by atoms with Gasteiger partial charge in [0.1, 0.15) is 5.82 Å². The van der Waals surface area contributed by atoms with Crippen LogP contribution < -0.4 is 0 Å². The number of piperazine rings is 1. The highest BCUT2D eigenvalue weighted by Crippen LogP contribution is 2.18. The highest BCUT2D eigenvalue weighted by Gasteiger charge is 2.23. The summed E-state index contributed by atoms with van der Waals surface area (Å²) >= 11 is 6.10. The second kappa shape index (κ2) is 7.11. The van der Waals surface area contributed by atoms with E-state index in [9.17, 15) is 9.18 Å². The quantitative estimate of drug-likeness (QED) is 0.859. The molecular weight excluding hydrogens is 315 g/mol. The molecule has 1 amide bonds. The van der Waals surface area contributed by atoms with Gasteiger partial charge in [-0.2, -0.15) is 0 Å². The van der Waals surface area contributed by atoms with Crippen LogP contribution in [0.25, 0.3) is 0 Å². The van der Waals surface area contributed by atoms with Crippen LogP contribution in [0, 0.1) is 5.82 Å². The number of nitrogens with zero attached hydrogens (tertiary/aromatic N) is 2. The largest absolute Gasteiger partial charge is 0.336 e. The summed E-state index contributed by atoms with van der Waals surface area (Å²) in [6.45, 7) is 3.71. The van der Waals surface area contributed by atoms with Crippen molar-refractivity contribution in [3.05, 3.63) is 70.5 Å². The fourth-order valence-electron chi connectivity index (χ4n) is 2.76. The molecule has 0 bridgehead atoms. The van der Waals surface area contributed by atoms with Gasteiger partial charge in [-0.3, -0.25) is 9.69 Å². The second-order valence-electron chi connectivity index (χ2n) is 5.67. The Morgan fingerprint density at radius 3 is 2.30 bits per heavy atom. The van der Waals surface area contributed by atoms with Gasteiger partial charge in [0.15, 0.2) is 0 Å². The zero-order chi connectivity index (χ0) is 16.2. The molecule has 120 valence electrons. The number of rotatable bonds is 3. The van der Waals surface area contributed by atoms with Crippen molar-refractivity contribution in [1.29, 1.82) is 0 Å². The lowest BCUT2D eigenvalue weighted by molar-refractivity contribution is 0.0628. The van der Waals surface area contributed by atoms with Gasteiger partial charge in [-0.05, 0) is 29.8 Å². The van der Waals surface area contributed by atoms with Gasteiger partial charge >= 0.3 is 0 Å². The van der Waals surface area contributed by atoms with Crippen molar-refractivity contribution < 1.29 is 9.18 Å². The Bertz CT molecular complexity index is 682. The standard InChI is InChI=1S/C18H18ClFN2O/c19-17-4-2-1-3-16(17)18(23)22-11-9-21(10-12-22)13-14-5-7-15(20)8-6-14/h1-8H,9-13H2. The number of carbonyl (C=O) groups excluding carboxylic acids is 1. The predicted molar refractivity (Wildman–Crippen MR) is 89.0 cm³/mol. The minimum atomic E-state index is -0.219. The van der Waals surface area contributed by atoms with E-state index in [4.69, 9.17) is 11.6 Å². The van der Waals surface area contributed by atoms with Crippen molar-refractivity contribution in [2.75, 3.05) is 26.2 Å². The molecule has 0 unspecified atom stereocenters. The molecule has 5 heteroatoms. The summed E-state index contributed by atoms with van der Waals surface area (Å²) < 4.78 is 12.9. The number of amides is 1. The first kappa shape index (κ1) is 16.0. The summed E-state index contributed by atoms with van der Waals surface area (Å²) in [5.74, 6) is -0.235. The second-order valence-corrected chi connectivity index (χ2v) is 6.08. The maximum atomic E-state index is 12.9. The van der Waals surface area contributed by atoms with E-state index in [0.29, 0.717) is 23.7 Å². The molecule has 23 heavy (non-hydrogen) atoms. The van der Waals surface area contributed by atoms with Gasteiger partial charge in [0.25, 0.3) is 5.91 Å². The molecule has 0 aliphatic carbocycles. The normalized spacial score (nSPS) is 15.7. The molecule has 0 spiro atoms. The first-order valence-electron chi connectivity index (χ1n) is 7.64. The summed E-state index contributed by atoms with van der Waals surface area (Å²) in [4.78, 5) is 16.6. The molecule has 2 aromatic rings. The number of benzene rings is 2.